The number of benzene rings is 1. The van der Waals surface area contributed by atoms with E-state index >= 15 is 0 Å². The van der Waals surface area contributed by atoms with Crippen molar-refractivity contribution >= 4 is 45.7 Å². The van der Waals surface area contributed by atoms with Gasteiger partial charge < -0.3 is 4.42 Å². The number of anilines is 1. The average molecular weight is 380 g/mol. The number of aryl methyl sites for hydroxylation is 2. The van der Waals surface area contributed by atoms with Crippen LogP contribution in [0.15, 0.2) is 39.1 Å². The van der Waals surface area contributed by atoms with Crippen molar-refractivity contribution in [2.24, 2.45) is 0 Å². The molecule has 3 aromatic rings. The zero-order valence-electron chi connectivity index (χ0n) is 13.0. The average Bonchev–Trinajstić information content (AvgIpc) is 3.12. The molecular weight excluding hydrogens is 366 g/mol. The van der Waals surface area contributed by atoms with Crippen molar-refractivity contribution in [3.8, 4) is 0 Å². The molecule has 0 spiro atoms. The van der Waals surface area contributed by atoms with E-state index in [0.29, 0.717) is 28.0 Å². The number of carbonyl (C=O) groups excluding carboxylic acids is 1. The van der Waals surface area contributed by atoms with Gasteiger partial charge in [0.25, 0.3) is 5.91 Å². The number of amides is 1. The Kier molecular flexibility index (Phi) is 5.23. The highest BCUT2D eigenvalue weighted by molar-refractivity contribution is 8.00. The molecule has 0 saturated heterocycles. The Labute approximate surface area is 152 Å². The molecule has 1 amide bonds. The fourth-order valence-corrected chi connectivity index (χ4v) is 4.13. The lowest BCUT2D eigenvalue weighted by Gasteiger charge is -2.00. The van der Waals surface area contributed by atoms with E-state index in [9.17, 15) is 4.79 Å². The minimum Gasteiger partial charge on any atom is -0.466 e. The van der Waals surface area contributed by atoms with Crippen LogP contribution in [-0.2, 0) is 5.75 Å². The van der Waals surface area contributed by atoms with E-state index in [-0.39, 0.29) is 5.91 Å². The van der Waals surface area contributed by atoms with Crippen molar-refractivity contribution in [1.29, 1.82) is 0 Å². The van der Waals surface area contributed by atoms with Crippen molar-refractivity contribution in [2.45, 2.75) is 23.9 Å². The third-order valence-corrected chi connectivity index (χ3v) is 5.61. The highest BCUT2D eigenvalue weighted by Crippen LogP contribution is 2.30. The minimum atomic E-state index is -0.247. The van der Waals surface area contributed by atoms with Crippen LogP contribution in [0.5, 0.6) is 0 Å². The van der Waals surface area contributed by atoms with Crippen LogP contribution in [0.3, 0.4) is 0 Å². The monoisotopic (exact) mass is 379 g/mol. The molecule has 2 aromatic heterocycles. The summed E-state index contributed by atoms with van der Waals surface area (Å²) in [7, 11) is 0. The maximum Gasteiger partial charge on any atom is 0.261 e. The predicted molar refractivity (Wildman–Crippen MR) is 97.1 cm³/mol. The number of hydrogen-bond donors (Lipinski definition) is 1. The molecule has 0 bridgehead atoms. The summed E-state index contributed by atoms with van der Waals surface area (Å²) in [6.45, 7) is 3.56. The quantitative estimate of drug-likeness (QED) is 0.502. The van der Waals surface area contributed by atoms with Gasteiger partial charge in [-0.25, -0.2) is 0 Å². The van der Waals surface area contributed by atoms with Gasteiger partial charge in [-0.2, -0.15) is 0 Å². The Morgan fingerprint density at radius 1 is 1.33 bits per heavy atom. The number of carbonyl (C=O) groups is 1. The molecule has 0 fully saturated rings. The zero-order valence-corrected chi connectivity index (χ0v) is 15.4. The molecule has 5 nitrogen and oxygen atoms in total. The van der Waals surface area contributed by atoms with Crippen LogP contribution >= 0.6 is 34.7 Å². The Balaban J connectivity index is 1.62. The lowest BCUT2D eigenvalue weighted by molar-refractivity contribution is 0.102. The lowest BCUT2D eigenvalue weighted by atomic mass is 10.2. The summed E-state index contributed by atoms with van der Waals surface area (Å²) >= 11 is 9.00. The Morgan fingerprint density at radius 2 is 2.12 bits per heavy atom. The molecule has 1 N–H and O–H groups in total. The van der Waals surface area contributed by atoms with Crippen molar-refractivity contribution in [3.05, 3.63) is 58.0 Å². The second kappa shape index (κ2) is 7.38. The molecule has 3 rings (SSSR count). The highest BCUT2D eigenvalue weighted by Gasteiger charge is 2.16. The number of nitrogens with one attached hydrogen (secondary N) is 1. The highest BCUT2D eigenvalue weighted by atomic mass is 35.5. The molecular formula is C16H14ClN3O2S2. The number of thioether (sulfide) groups is 1. The predicted octanol–water partition coefficient (Wildman–Crippen LogP) is 4.95. The maximum absolute atomic E-state index is 12.2. The maximum atomic E-state index is 12.2. The summed E-state index contributed by atoms with van der Waals surface area (Å²) in [5.74, 6) is 1.74. The molecule has 0 aliphatic heterocycles. The van der Waals surface area contributed by atoms with E-state index in [1.165, 1.54) is 23.1 Å². The van der Waals surface area contributed by atoms with E-state index in [1.54, 1.807) is 19.9 Å². The van der Waals surface area contributed by atoms with Crippen LogP contribution in [0, 0.1) is 13.8 Å². The van der Waals surface area contributed by atoms with Gasteiger partial charge >= 0.3 is 0 Å². The van der Waals surface area contributed by atoms with Crippen LogP contribution in [0.2, 0.25) is 5.02 Å². The van der Waals surface area contributed by atoms with Crippen molar-refractivity contribution in [3.63, 3.8) is 0 Å². The first-order valence-corrected chi connectivity index (χ1v) is 9.29. The van der Waals surface area contributed by atoms with Crippen LogP contribution in [-0.4, -0.2) is 16.1 Å². The van der Waals surface area contributed by atoms with E-state index in [1.807, 2.05) is 24.3 Å². The van der Waals surface area contributed by atoms with Gasteiger partial charge in [-0.05, 0) is 31.5 Å². The van der Waals surface area contributed by atoms with Gasteiger partial charge in [-0.15, -0.1) is 10.2 Å². The van der Waals surface area contributed by atoms with Gasteiger partial charge in [0.2, 0.25) is 5.13 Å². The molecule has 1 aromatic carbocycles. The topological polar surface area (TPSA) is 68.0 Å². The van der Waals surface area contributed by atoms with Gasteiger partial charge in [-0.1, -0.05) is 52.9 Å². The molecule has 0 atom stereocenters. The molecule has 24 heavy (non-hydrogen) atoms. The Morgan fingerprint density at radius 3 is 2.83 bits per heavy atom. The summed E-state index contributed by atoms with van der Waals surface area (Å²) in [6, 6.07) is 9.39. The summed E-state index contributed by atoms with van der Waals surface area (Å²) in [5, 5.41) is 12.0. The SMILES string of the molecule is Cc1cc(C(=O)Nc2nnc(SCc3ccccc3Cl)s2)c(C)o1. The van der Waals surface area contributed by atoms with E-state index in [2.05, 4.69) is 15.5 Å². The van der Waals surface area contributed by atoms with Crippen molar-refractivity contribution in [1.82, 2.24) is 10.2 Å². The van der Waals surface area contributed by atoms with Gasteiger partial charge in [0.15, 0.2) is 4.34 Å². The van der Waals surface area contributed by atoms with E-state index in [0.717, 1.165) is 14.9 Å². The van der Waals surface area contributed by atoms with Crippen LogP contribution < -0.4 is 5.32 Å². The lowest BCUT2D eigenvalue weighted by Crippen LogP contribution is -2.11. The van der Waals surface area contributed by atoms with Gasteiger partial charge in [0, 0.05) is 10.8 Å². The zero-order chi connectivity index (χ0) is 17.1. The fourth-order valence-electron chi connectivity index (χ4n) is 2.09. The first-order chi connectivity index (χ1) is 11.5. The van der Waals surface area contributed by atoms with E-state index < -0.39 is 0 Å². The second-order valence-electron chi connectivity index (χ2n) is 5.03. The Hall–Kier alpha value is -1.83. The molecule has 0 aliphatic rings. The third kappa shape index (κ3) is 3.98. The number of nitrogens with zero attached hydrogens (tertiary/aromatic N) is 2. The molecule has 124 valence electrons. The van der Waals surface area contributed by atoms with E-state index in [4.69, 9.17) is 16.0 Å². The largest absolute Gasteiger partial charge is 0.466 e. The first kappa shape index (κ1) is 17.0. The van der Waals surface area contributed by atoms with Gasteiger partial charge in [0.1, 0.15) is 11.5 Å². The van der Waals surface area contributed by atoms with Gasteiger partial charge in [-0.3, -0.25) is 10.1 Å². The summed E-state index contributed by atoms with van der Waals surface area (Å²) in [6.07, 6.45) is 0. The second-order valence-corrected chi connectivity index (χ2v) is 7.64. The van der Waals surface area contributed by atoms with Gasteiger partial charge in [0.05, 0.1) is 5.56 Å². The number of aromatic nitrogens is 2. The first-order valence-electron chi connectivity index (χ1n) is 7.11. The minimum absolute atomic E-state index is 0.247. The molecule has 0 saturated carbocycles. The fraction of sp³-hybridized carbons (Fsp3) is 0.188. The Bertz CT molecular complexity index is 876. The number of rotatable bonds is 5. The molecule has 0 unspecified atom stereocenters. The summed E-state index contributed by atoms with van der Waals surface area (Å²) in [4.78, 5) is 12.2. The smallest absolute Gasteiger partial charge is 0.261 e. The standard InChI is InChI=1S/C16H14ClN3O2S2/c1-9-7-12(10(2)22-9)14(21)18-15-19-20-16(24-15)23-8-11-5-3-4-6-13(11)17/h3-7H,8H2,1-2H3,(H,18,19,21). The number of halogens is 1. The molecule has 2 heterocycles. The molecule has 0 aliphatic carbocycles. The molecule has 0 radical (unpaired) electrons. The normalized spacial score (nSPS) is 10.8. The summed E-state index contributed by atoms with van der Waals surface area (Å²) < 4.78 is 6.14. The number of furan rings is 1. The van der Waals surface area contributed by atoms with Crippen molar-refractivity contribution < 1.29 is 9.21 Å². The van der Waals surface area contributed by atoms with Crippen molar-refractivity contribution in [2.75, 3.05) is 5.32 Å². The third-order valence-electron chi connectivity index (χ3n) is 3.22. The number of hydrogen-bond acceptors (Lipinski definition) is 6. The van der Waals surface area contributed by atoms with Crippen LogP contribution in [0.25, 0.3) is 0 Å². The van der Waals surface area contributed by atoms with Crippen LogP contribution in [0.4, 0.5) is 5.13 Å². The summed E-state index contributed by atoms with van der Waals surface area (Å²) in [5.41, 5.74) is 1.54. The molecule has 8 heteroatoms. The van der Waals surface area contributed by atoms with Crippen LogP contribution in [0.1, 0.15) is 27.4 Å².